The Morgan fingerprint density at radius 2 is 1.43 bits per heavy atom. The maximum Gasteiger partial charge on any atom is 0.344 e. The van der Waals surface area contributed by atoms with Gasteiger partial charge in [-0.05, 0) is 97.2 Å². The molecule has 239 valence electrons. The molecular weight excluding hydrogens is 596 g/mol. The van der Waals surface area contributed by atoms with Gasteiger partial charge in [-0.2, -0.15) is 0 Å². The monoisotopic (exact) mass is 637 g/mol. The van der Waals surface area contributed by atoms with E-state index in [0.717, 1.165) is 42.7 Å². The predicted octanol–water partition coefficient (Wildman–Crippen LogP) is 4.53. The number of carbonyl (C=O) groups is 3. The SMILES string of the molecule is CCOC(=O)COC(=O)C(CC(=O)OC1(C)C2CC3CC(C2)CC1C3)c1cc([Si]2c3ccccc3-c3ccccc32)ccc1OC. The summed E-state index contributed by atoms with van der Waals surface area (Å²) in [7, 11) is 0.148. The Kier molecular flexibility index (Phi) is 8.26. The molecule has 1 atom stereocenters. The molecule has 0 amide bonds. The molecule has 1 unspecified atom stereocenters. The minimum atomic E-state index is -1.41. The summed E-state index contributed by atoms with van der Waals surface area (Å²) in [6.07, 6.45) is 5.51. The van der Waals surface area contributed by atoms with Crippen LogP contribution in [0.4, 0.5) is 0 Å². The zero-order chi connectivity index (χ0) is 32.0. The molecule has 4 aliphatic carbocycles. The summed E-state index contributed by atoms with van der Waals surface area (Å²) in [6.45, 7) is 3.45. The molecule has 5 aliphatic rings. The lowest BCUT2D eigenvalue weighted by atomic mass is 9.50. The topological polar surface area (TPSA) is 88.1 Å². The molecule has 1 heterocycles. The van der Waals surface area contributed by atoms with Gasteiger partial charge in [-0.3, -0.25) is 9.59 Å². The summed E-state index contributed by atoms with van der Waals surface area (Å²) >= 11 is 0. The minimum Gasteiger partial charge on any atom is -0.496 e. The van der Waals surface area contributed by atoms with Crippen molar-refractivity contribution in [1.29, 1.82) is 0 Å². The first-order valence-electron chi connectivity index (χ1n) is 16.6. The van der Waals surface area contributed by atoms with Crippen LogP contribution in [0, 0.1) is 23.7 Å². The van der Waals surface area contributed by atoms with Crippen molar-refractivity contribution in [2.24, 2.45) is 23.7 Å². The van der Waals surface area contributed by atoms with E-state index in [4.69, 9.17) is 18.9 Å². The second-order valence-corrected chi connectivity index (χ2v) is 16.0. The highest BCUT2D eigenvalue weighted by Gasteiger charge is 2.57. The van der Waals surface area contributed by atoms with Gasteiger partial charge < -0.3 is 18.9 Å². The Bertz CT molecular complexity index is 1590. The molecule has 0 aromatic heterocycles. The van der Waals surface area contributed by atoms with E-state index in [-0.39, 0.29) is 13.0 Å². The lowest BCUT2D eigenvalue weighted by Crippen LogP contribution is -2.58. The summed E-state index contributed by atoms with van der Waals surface area (Å²) in [4.78, 5) is 39.8. The second kappa shape index (κ2) is 12.4. The average Bonchev–Trinajstić information content (AvgIpc) is 3.39. The third-order valence-corrected chi connectivity index (χ3v) is 13.8. The van der Waals surface area contributed by atoms with Crippen LogP contribution >= 0.6 is 0 Å². The van der Waals surface area contributed by atoms with Gasteiger partial charge in [0.05, 0.1) is 26.1 Å². The molecule has 0 spiro atoms. The molecular formula is C38H41O7Si. The van der Waals surface area contributed by atoms with Gasteiger partial charge in [-0.1, -0.05) is 65.9 Å². The zero-order valence-corrected chi connectivity index (χ0v) is 27.8. The Morgan fingerprint density at radius 1 is 0.826 bits per heavy atom. The Labute approximate surface area is 272 Å². The maximum atomic E-state index is 13.9. The molecule has 3 aromatic carbocycles. The molecule has 46 heavy (non-hydrogen) atoms. The summed E-state index contributed by atoms with van der Waals surface area (Å²) in [6, 6.07) is 22.9. The first-order chi connectivity index (χ1) is 22.3. The molecule has 8 heteroatoms. The molecule has 4 fully saturated rings. The zero-order valence-electron chi connectivity index (χ0n) is 26.8. The first kappa shape index (κ1) is 30.7. The molecule has 4 bridgehead atoms. The van der Waals surface area contributed by atoms with Gasteiger partial charge in [-0.15, -0.1) is 0 Å². The van der Waals surface area contributed by atoms with E-state index in [1.54, 1.807) is 14.0 Å². The van der Waals surface area contributed by atoms with E-state index in [2.05, 4.69) is 61.5 Å². The van der Waals surface area contributed by atoms with Crippen LogP contribution in [0.1, 0.15) is 63.9 Å². The molecule has 1 radical (unpaired) electrons. The number of ether oxygens (including phenoxy) is 4. The van der Waals surface area contributed by atoms with Crippen LogP contribution in [0.25, 0.3) is 11.1 Å². The van der Waals surface area contributed by atoms with Gasteiger partial charge in [0.2, 0.25) is 0 Å². The van der Waals surface area contributed by atoms with Crippen molar-refractivity contribution in [1.82, 2.24) is 0 Å². The number of methoxy groups -OCH3 is 1. The molecule has 0 N–H and O–H groups in total. The summed E-state index contributed by atoms with van der Waals surface area (Å²) in [5, 5.41) is 3.63. The third-order valence-electron chi connectivity index (χ3n) is 11.0. The number of rotatable bonds is 10. The van der Waals surface area contributed by atoms with Crippen LogP contribution < -0.4 is 20.3 Å². The summed E-state index contributed by atoms with van der Waals surface area (Å²) in [5.74, 6) is -0.0980. The number of carbonyl (C=O) groups excluding carboxylic acids is 3. The van der Waals surface area contributed by atoms with Gasteiger partial charge in [-0.25, -0.2) is 4.79 Å². The highest BCUT2D eigenvalue weighted by atomic mass is 28.3. The van der Waals surface area contributed by atoms with Crippen molar-refractivity contribution in [2.45, 2.75) is 63.9 Å². The normalized spacial score (nSPS) is 26.2. The van der Waals surface area contributed by atoms with Gasteiger partial charge in [0.1, 0.15) is 11.4 Å². The van der Waals surface area contributed by atoms with Crippen molar-refractivity contribution >= 4 is 42.3 Å². The van der Waals surface area contributed by atoms with E-state index in [1.165, 1.54) is 27.9 Å². The standard InChI is InChI=1S/C38H41O7Si/c1-4-43-36(40)22-44-37(41)31(21-35(39)45-38(2)25-16-23-15-24(18-25)19-26(38)17-23)30-20-27(13-14-32(30)42-3)46-33-11-7-5-9-28(33)29-10-6-8-12-34(29)46/h5-14,20,23-26,31H,4,15-19,21-22H2,1-3H3. The smallest absolute Gasteiger partial charge is 0.344 e. The molecule has 1 aliphatic heterocycles. The molecule has 3 aromatic rings. The molecule has 4 saturated carbocycles. The molecule has 0 saturated heterocycles. The number of esters is 3. The number of hydrogen-bond donors (Lipinski definition) is 0. The van der Waals surface area contributed by atoms with Gasteiger partial charge in [0.15, 0.2) is 15.4 Å². The largest absolute Gasteiger partial charge is 0.496 e. The van der Waals surface area contributed by atoms with E-state index >= 15 is 0 Å². The predicted molar refractivity (Wildman–Crippen MR) is 176 cm³/mol. The number of hydrogen-bond acceptors (Lipinski definition) is 7. The van der Waals surface area contributed by atoms with Crippen LogP contribution in [-0.4, -0.2) is 52.6 Å². The minimum absolute atomic E-state index is 0.179. The van der Waals surface area contributed by atoms with Crippen molar-refractivity contribution in [2.75, 3.05) is 20.3 Å². The fourth-order valence-electron chi connectivity index (χ4n) is 8.98. The second-order valence-electron chi connectivity index (χ2n) is 13.6. The van der Waals surface area contributed by atoms with Crippen molar-refractivity contribution in [3.8, 4) is 16.9 Å². The Balaban J connectivity index is 1.22. The van der Waals surface area contributed by atoms with Crippen LogP contribution in [0.15, 0.2) is 66.7 Å². The van der Waals surface area contributed by atoms with Crippen molar-refractivity contribution < 1.29 is 33.3 Å². The van der Waals surface area contributed by atoms with Gasteiger partial charge >= 0.3 is 17.9 Å². The fourth-order valence-corrected chi connectivity index (χ4v) is 11.9. The lowest BCUT2D eigenvalue weighted by molar-refractivity contribution is -0.204. The fraction of sp³-hybridized carbons (Fsp3) is 0.447. The maximum absolute atomic E-state index is 13.9. The molecule has 8 rings (SSSR count). The lowest BCUT2D eigenvalue weighted by Gasteiger charge is -2.59. The average molecular weight is 638 g/mol. The number of benzene rings is 3. The molecule has 7 nitrogen and oxygen atoms in total. The van der Waals surface area contributed by atoms with E-state index < -0.39 is 44.8 Å². The van der Waals surface area contributed by atoms with Crippen molar-refractivity contribution in [3.05, 3.63) is 72.3 Å². The van der Waals surface area contributed by atoms with Crippen LogP contribution in [0.2, 0.25) is 0 Å². The van der Waals surface area contributed by atoms with E-state index in [9.17, 15) is 14.4 Å². The third kappa shape index (κ3) is 5.44. The van der Waals surface area contributed by atoms with Gasteiger partial charge in [0, 0.05) is 5.56 Å². The first-order valence-corrected chi connectivity index (χ1v) is 18.1. The Hall–Kier alpha value is -3.91. The van der Waals surface area contributed by atoms with Gasteiger partial charge in [0.25, 0.3) is 0 Å². The van der Waals surface area contributed by atoms with Crippen molar-refractivity contribution in [3.63, 3.8) is 0 Å². The highest BCUT2D eigenvalue weighted by molar-refractivity contribution is 6.99. The van der Waals surface area contributed by atoms with E-state index in [0.29, 0.717) is 23.1 Å². The van der Waals surface area contributed by atoms with Crippen LogP contribution in [0.5, 0.6) is 5.75 Å². The summed E-state index contributed by atoms with van der Waals surface area (Å²) < 4.78 is 22.7. The summed E-state index contributed by atoms with van der Waals surface area (Å²) in [5.41, 5.74) is 2.47. The highest BCUT2D eigenvalue weighted by Crippen LogP contribution is 2.59. The van der Waals surface area contributed by atoms with Crippen LogP contribution in [0.3, 0.4) is 0 Å². The van der Waals surface area contributed by atoms with Crippen LogP contribution in [-0.2, 0) is 28.6 Å². The number of fused-ring (bicyclic) bond motifs is 3. The quantitative estimate of drug-likeness (QED) is 0.144. The van der Waals surface area contributed by atoms with E-state index in [1.807, 2.05) is 12.1 Å². The Morgan fingerprint density at radius 3 is 2.02 bits per heavy atom.